The van der Waals surface area contributed by atoms with Crippen molar-refractivity contribution in [3.63, 3.8) is 0 Å². The summed E-state index contributed by atoms with van der Waals surface area (Å²) in [5.41, 5.74) is 0.239. The van der Waals surface area contributed by atoms with Crippen LogP contribution in [0.3, 0.4) is 0 Å². The van der Waals surface area contributed by atoms with Crippen LogP contribution >= 0.6 is 0 Å². The number of carbonyl (C=O) groups is 1. The summed E-state index contributed by atoms with van der Waals surface area (Å²) in [5.74, 6) is -0.868. The quantitative estimate of drug-likeness (QED) is 0.583. The lowest BCUT2D eigenvalue weighted by Crippen LogP contribution is -2.47. The second-order valence-corrected chi connectivity index (χ2v) is 9.19. The number of hydrogen-bond donors (Lipinski definition) is 1. The molecular weight excluding hydrogens is 385 g/mol. The number of nitrogens with one attached hydrogen (secondary N) is 1. The van der Waals surface area contributed by atoms with Gasteiger partial charge in [0.2, 0.25) is 5.91 Å². The average Bonchev–Trinajstić information content (AvgIpc) is 2.65. The summed E-state index contributed by atoms with van der Waals surface area (Å²) in [7, 11) is 0.998. The molecule has 1 aliphatic heterocycles. The number of benzene rings is 1. The van der Waals surface area contributed by atoms with Crippen LogP contribution < -0.4 is 9.62 Å². The zero-order chi connectivity index (χ0) is 20.7. The van der Waals surface area contributed by atoms with E-state index in [4.69, 9.17) is 0 Å². The van der Waals surface area contributed by atoms with Crippen molar-refractivity contribution in [1.82, 2.24) is 19.4 Å². The molecule has 1 N–H and O–H groups in total. The molecule has 2 rings (SSSR count). The van der Waals surface area contributed by atoms with Gasteiger partial charge >= 0.3 is 10.2 Å². The maximum atomic E-state index is 13.2. The van der Waals surface area contributed by atoms with Crippen molar-refractivity contribution >= 4 is 21.8 Å². The first-order valence-corrected chi connectivity index (χ1v) is 10.7. The molecular formula is C18H30FN5O3S. The van der Waals surface area contributed by atoms with Crippen molar-refractivity contribution in [3.8, 4) is 0 Å². The zero-order valence-electron chi connectivity index (χ0n) is 16.8. The molecule has 1 amide bonds. The fourth-order valence-corrected chi connectivity index (χ4v) is 3.96. The number of rotatable bonds is 9. The van der Waals surface area contributed by atoms with E-state index < -0.39 is 21.9 Å². The third-order valence-electron chi connectivity index (χ3n) is 4.71. The Balaban J connectivity index is 1.89. The smallest absolute Gasteiger partial charge is 0.304 e. The lowest BCUT2D eigenvalue weighted by atomic mass is 10.3. The molecule has 0 aromatic heterocycles. The standard InChI is InChI=1S/C18H30FN5O3S/c1-21(2)28(26,27)24(17-7-5-16(19)6-8-17)15-18(25)20-9-4-10-23-13-11-22(3)12-14-23/h5-8H,4,9-15H2,1-3H3,(H,20,25). The van der Waals surface area contributed by atoms with Crippen molar-refractivity contribution in [3.05, 3.63) is 30.1 Å². The number of carbonyl (C=O) groups excluding carboxylic acids is 1. The van der Waals surface area contributed by atoms with Gasteiger partial charge in [-0.1, -0.05) is 0 Å². The molecule has 0 atom stereocenters. The molecule has 158 valence electrons. The maximum absolute atomic E-state index is 13.2. The molecule has 0 unspecified atom stereocenters. The highest BCUT2D eigenvalue weighted by Gasteiger charge is 2.27. The van der Waals surface area contributed by atoms with Crippen LogP contribution in [0, 0.1) is 5.82 Å². The largest absolute Gasteiger partial charge is 0.354 e. The molecule has 0 saturated carbocycles. The van der Waals surface area contributed by atoms with Gasteiger partial charge in [-0.2, -0.15) is 12.7 Å². The number of amides is 1. The summed E-state index contributed by atoms with van der Waals surface area (Å²) in [6, 6.07) is 5.02. The van der Waals surface area contributed by atoms with Gasteiger partial charge < -0.3 is 15.1 Å². The van der Waals surface area contributed by atoms with E-state index in [1.165, 1.54) is 38.4 Å². The molecule has 28 heavy (non-hydrogen) atoms. The Morgan fingerprint density at radius 2 is 1.75 bits per heavy atom. The maximum Gasteiger partial charge on any atom is 0.304 e. The molecule has 1 aromatic rings. The second-order valence-electron chi connectivity index (χ2n) is 7.12. The first kappa shape index (κ1) is 22.5. The number of piperazine rings is 1. The highest BCUT2D eigenvalue weighted by molar-refractivity contribution is 7.90. The van der Waals surface area contributed by atoms with Gasteiger partial charge in [0.1, 0.15) is 12.4 Å². The van der Waals surface area contributed by atoms with Crippen LogP contribution in [0.2, 0.25) is 0 Å². The number of nitrogens with zero attached hydrogens (tertiary/aromatic N) is 4. The Morgan fingerprint density at radius 3 is 2.32 bits per heavy atom. The van der Waals surface area contributed by atoms with Crippen LogP contribution in [-0.4, -0.2) is 95.4 Å². The molecule has 1 aromatic carbocycles. The molecule has 0 radical (unpaired) electrons. The van der Waals surface area contributed by atoms with Gasteiger partial charge in [0.25, 0.3) is 0 Å². The van der Waals surface area contributed by atoms with E-state index >= 15 is 0 Å². The predicted molar refractivity (Wildman–Crippen MR) is 108 cm³/mol. The molecule has 0 aliphatic carbocycles. The Bertz CT molecular complexity index is 734. The van der Waals surface area contributed by atoms with E-state index in [2.05, 4.69) is 22.2 Å². The molecule has 0 spiro atoms. The SMILES string of the molecule is CN1CCN(CCCNC(=O)CN(c2ccc(F)cc2)S(=O)(=O)N(C)C)CC1. The average molecular weight is 416 g/mol. The van der Waals surface area contributed by atoms with Crippen molar-refractivity contribution < 1.29 is 17.6 Å². The Hall–Kier alpha value is -1.75. The molecule has 0 bridgehead atoms. The molecule has 1 aliphatic rings. The van der Waals surface area contributed by atoms with Gasteiger partial charge in [0.15, 0.2) is 0 Å². The van der Waals surface area contributed by atoms with Crippen molar-refractivity contribution in [2.24, 2.45) is 0 Å². The minimum Gasteiger partial charge on any atom is -0.354 e. The number of halogens is 1. The van der Waals surface area contributed by atoms with Gasteiger partial charge in [-0.25, -0.2) is 8.70 Å². The first-order valence-electron chi connectivity index (χ1n) is 9.33. The number of hydrogen-bond acceptors (Lipinski definition) is 5. The van der Waals surface area contributed by atoms with E-state index in [9.17, 15) is 17.6 Å². The lowest BCUT2D eigenvalue weighted by Gasteiger charge is -2.32. The minimum atomic E-state index is -3.88. The van der Waals surface area contributed by atoms with Crippen LogP contribution in [0.4, 0.5) is 10.1 Å². The Kier molecular flexibility index (Phi) is 8.17. The normalized spacial score (nSPS) is 16.3. The number of likely N-dealkylation sites (N-methyl/N-ethyl adjacent to an activating group) is 1. The van der Waals surface area contributed by atoms with Gasteiger partial charge in [-0.15, -0.1) is 0 Å². The summed E-state index contributed by atoms with van der Waals surface area (Å²) in [6.07, 6.45) is 0.798. The topological polar surface area (TPSA) is 76.2 Å². The Labute approximate surface area is 167 Å². The summed E-state index contributed by atoms with van der Waals surface area (Å²) < 4.78 is 40.3. The first-order chi connectivity index (χ1) is 13.2. The van der Waals surface area contributed by atoms with E-state index in [-0.39, 0.29) is 12.2 Å². The summed E-state index contributed by atoms with van der Waals surface area (Å²) >= 11 is 0. The molecule has 1 saturated heterocycles. The van der Waals surface area contributed by atoms with Crippen LogP contribution in [0.15, 0.2) is 24.3 Å². The molecule has 1 heterocycles. The molecule has 10 heteroatoms. The summed E-state index contributed by atoms with van der Waals surface area (Å²) in [6.45, 7) is 5.13. The molecule has 8 nitrogen and oxygen atoms in total. The zero-order valence-corrected chi connectivity index (χ0v) is 17.6. The van der Waals surface area contributed by atoms with E-state index in [0.717, 1.165) is 47.8 Å². The van der Waals surface area contributed by atoms with Crippen LogP contribution in [0.5, 0.6) is 0 Å². The monoisotopic (exact) mass is 415 g/mol. The van der Waals surface area contributed by atoms with Gasteiger partial charge in [0.05, 0.1) is 5.69 Å². The van der Waals surface area contributed by atoms with Crippen molar-refractivity contribution in [1.29, 1.82) is 0 Å². The van der Waals surface area contributed by atoms with Crippen molar-refractivity contribution in [2.45, 2.75) is 6.42 Å². The third kappa shape index (κ3) is 6.40. The molecule has 1 fully saturated rings. The predicted octanol–water partition coefficient (Wildman–Crippen LogP) is 0.192. The fourth-order valence-electron chi connectivity index (χ4n) is 2.90. The lowest BCUT2D eigenvalue weighted by molar-refractivity contribution is -0.119. The highest BCUT2D eigenvalue weighted by atomic mass is 32.2. The van der Waals surface area contributed by atoms with E-state index in [1.807, 2.05) is 0 Å². The third-order valence-corrected chi connectivity index (χ3v) is 6.53. The summed E-state index contributed by atoms with van der Waals surface area (Å²) in [5, 5.41) is 2.78. The highest BCUT2D eigenvalue weighted by Crippen LogP contribution is 2.19. The fraction of sp³-hybridized carbons (Fsp3) is 0.611. The minimum absolute atomic E-state index is 0.239. The summed E-state index contributed by atoms with van der Waals surface area (Å²) in [4.78, 5) is 17.0. The number of anilines is 1. The van der Waals surface area contributed by atoms with Crippen LogP contribution in [0.25, 0.3) is 0 Å². The van der Waals surface area contributed by atoms with E-state index in [1.54, 1.807) is 0 Å². The van der Waals surface area contributed by atoms with Crippen LogP contribution in [0.1, 0.15) is 6.42 Å². The van der Waals surface area contributed by atoms with Gasteiger partial charge in [0, 0.05) is 46.8 Å². The second kappa shape index (κ2) is 10.1. The van der Waals surface area contributed by atoms with Gasteiger partial charge in [-0.05, 0) is 44.3 Å². The van der Waals surface area contributed by atoms with Crippen molar-refractivity contribution in [2.75, 3.05) is 71.3 Å². The van der Waals surface area contributed by atoms with E-state index in [0.29, 0.717) is 6.54 Å². The Morgan fingerprint density at radius 1 is 1.14 bits per heavy atom. The van der Waals surface area contributed by atoms with Gasteiger partial charge in [-0.3, -0.25) is 4.79 Å². The van der Waals surface area contributed by atoms with Crippen LogP contribution in [-0.2, 0) is 15.0 Å².